The summed E-state index contributed by atoms with van der Waals surface area (Å²) in [7, 11) is 0. The number of aryl methyl sites for hydroxylation is 1. The van der Waals surface area contributed by atoms with Crippen LogP contribution in [0.25, 0.3) is 5.57 Å². The van der Waals surface area contributed by atoms with Gasteiger partial charge in [-0.05, 0) is 60.9 Å². The predicted octanol–water partition coefficient (Wildman–Crippen LogP) is 4.84. The molecule has 3 aromatic rings. The Balaban J connectivity index is 1.85. The van der Waals surface area contributed by atoms with Crippen LogP contribution in [0.1, 0.15) is 16.7 Å². The summed E-state index contributed by atoms with van der Waals surface area (Å²) in [5.41, 5.74) is 3.95. The Morgan fingerprint density at radius 3 is 2.17 bits per heavy atom. The lowest BCUT2D eigenvalue weighted by Crippen LogP contribution is -2.33. The monoisotopic (exact) mass is 386 g/mol. The van der Waals surface area contributed by atoms with Crippen molar-refractivity contribution in [2.45, 2.75) is 13.8 Å². The molecule has 5 heteroatoms. The van der Waals surface area contributed by atoms with Crippen LogP contribution in [0.5, 0.6) is 0 Å². The van der Waals surface area contributed by atoms with Crippen LogP contribution in [0.3, 0.4) is 0 Å². The van der Waals surface area contributed by atoms with Gasteiger partial charge in [0.1, 0.15) is 11.5 Å². The van der Waals surface area contributed by atoms with Gasteiger partial charge in [0.2, 0.25) is 0 Å². The highest BCUT2D eigenvalue weighted by Crippen LogP contribution is 2.35. The molecular weight excluding hydrogens is 367 g/mol. The highest BCUT2D eigenvalue weighted by atomic mass is 19.1. The molecule has 0 aromatic heterocycles. The maximum atomic E-state index is 13.4. The Morgan fingerprint density at radius 1 is 0.793 bits per heavy atom. The molecule has 0 spiro atoms. The molecule has 29 heavy (non-hydrogen) atoms. The van der Waals surface area contributed by atoms with Crippen molar-refractivity contribution in [3.63, 3.8) is 0 Å². The average molecular weight is 386 g/mol. The highest BCUT2D eigenvalue weighted by molar-refractivity contribution is 6.46. The molecule has 1 aliphatic rings. The minimum Gasteiger partial charge on any atom is -0.350 e. The third-order valence-corrected chi connectivity index (χ3v) is 5.08. The van der Waals surface area contributed by atoms with Crippen LogP contribution in [0.4, 0.5) is 15.8 Å². The van der Waals surface area contributed by atoms with Gasteiger partial charge in [0.15, 0.2) is 0 Å². The first-order valence-corrected chi connectivity index (χ1v) is 9.24. The van der Waals surface area contributed by atoms with Crippen molar-refractivity contribution in [1.29, 1.82) is 0 Å². The zero-order valence-electron chi connectivity index (χ0n) is 16.1. The second-order valence-electron chi connectivity index (χ2n) is 6.91. The van der Waals surface area contributed by atoms with Crippen LogP contribution in [-0.4, -0.2) is 11.8 Å². The van der Waals surface area contributed by atoms with Crippen LogP contribution in [-0.2, 0) is 9.59 Å². The first-order valence-electron chi connectivity index (χ1n) is 9.24. The van der Waals surface area contributed by atoms with Crippen LogP contribution >= 0.6 is 0 Å². The maximum absolute atomic E-state index is 13.4. The summed E-state index contributed by atoms with van der Waals surface area (Å²) in [6.45, 7) is 3.81. The lowest BCUT2D eigenvalue weighted by molar-refractivity contribution is -0.120. The molecule has 0 atom stereocenters. The molecule has 0 radical (unpaired) electrons. The van der Waals surface area contributed by atoms with Gasteiger partial charge in [0, 0.05) is 5.69 Å². The number of nitrogens with zero attached hydrogens (tertiary/aromatic N) is 1. The fourth-order valence-electron chi connectivity index (χ4n) is 3.39. The number of halogens is 1. The third kappa shape index (κ3) is 3.31. The Bertz CT molecular complexity index is 1140. The number of rotatable bonds is 4. The largest absolute Gasteiger partial charge is 0.350 e. The SMILES string of the molecule is Cc1cccc(N2C(=O)C(Nc3ccccc3)=C(c3ccc(F)cc3)C2=O)c1C. The number of carbonyl (C=O) groups excluding carboxylic acids is 2. The first-order chi connectivity index (χ1) is 14.0. The molecule has 0 saturated heterocycles. The number of hydrogen-bond donors (Lipinski definition) is 1. The zero-order chi connectivity index (χ0) is 20.5. The van der Waals surface area contributed by atoms with Crippen LogP contribution < -0.4 is 10.2 Å². The van der Waals surface area contributed by atoms with E-state index in [9.17, 15) is 14.0 Å². The van der Waals surface area contributed by atoms with Crippen molar-refractivity contribution in [3.05, 3.63) is 101 Å². The lowest BCUT2D eigenvalue weighted by atomic mass is 10.0. The summed E-state index contributed by atoms with van der Waals surface area (Å²) >= 11 is 0. The molecule has 0 aliphatic carbocycles. The molecule has 0 unspecified atom stereocenters. The Kier molecular flexibility index (Phi) is 4.72. The van der Waals surface area contributed by atoms with E-state index in [1.165, 1.54) is 29.2 Å². The molecule has 2 amide bonds. The van der Waals surface area contributed by atoms with E-state index >= 15 is 0 Å². The Labute approximate surface area is 168 Å². The number of carbonyl (C=O) groups is 2. The van der Waals surface area contributed by atoms with E-state index in [1.807, 2.05) is 56.3 Å². The smallest absolute Gasteiger partial charge is 0.282 e. The summed E-state index contributed by atoms with van der Waals surface area (Å²) in [4.78, 5) is 27.9. The van der Waals surface area contributed by atoms with Crippen molar-refractivity contribution < 1.29 is 14.0 Å². The number of amides is 2. The molecule has 0 bridgehead atoms. The fourth-order valence-corrected chi connectivity index (χ4v) is 3.39. The number of benzene rings is 3. The van der Waals surface area contributed by atoms with E-state index < -0.39 is 17.6 Å². The topological polar surface area (TPSA) is 49.4 Å². The van der Waals surface area contributed by atoms with E-state index in [-0.39, 0.29) is 11.3 Å². The molecule has 1 heterocycles. The molecular formula is C24H19FN2O2. The summed E-state index contributed by atoms with van der Waals surface area (Å²) in [5.74, 6) is -1.28. The van der Waals surface area contributed by atoms with Crippen LogP contribution in [0, 0.1) is 19.7 Å². The standard InChI is InChI=1S/C24H19FN2O2/c1-15-7-6-10-20(16(15)2)27-23(28)21(17-11-13-18(25)14-12-17)22(24(27)29)26-19-8-4-3-5-9-19/h3-14,26H,1-2H3. The van der Waals surface area contributed by atoms with Gasteiger partial charge in [-0.3, -0.25) is 9.59 Å². The summed E-state index contributed by atoms with van der Waals surface area (Å²) in [6.07, 6.45) is 0. The Morgan fingerprint density at radius 2 is 1.48 bits per heavy atom. The molecule has 4 nitrogen and oxygen atoms in total. The quantitative estimate of drug-likeness (QED) is 0.653. The molecule has 144 valence electrons. The van der Waals surface area contributed by atoms with E-state index in [1.54, 1.807) is 6.07 Å². The van der Waals surface area contributed by atoms with E-state index in [2.05, 4.69) is 5.32 Å². The van der Waals surface area contributed by atoms with E-state index in [0.717, 1.165) is 11.1 Å². The molecule has 0 fully saturated rings. The van der Waals surface area contributed by atoms with Crippen molar-refractivity contribution in [2.24, 2.45) is 0 Å². The normalized spacial score (nSPS) is 14.0. The number of imide groups is 1. The fraction of sp³-hybridized carbons (Fsp3) is 0.0833. The van der Waals surface area contributed by atoms with Crippen molar-refractivity contribution >= 4 is 28.8 Å². The molecule has 1 aliphatic heterocycles. The number of para-hydroxylation sites is 1. The summed E-state index contributed by atoms with van der Waals surface area (Å²) < 4.78 is 13.4. The van der Waals surface area contributed by atoms with Gasteiger partial charge >= 0.3 is 0 Å². The van der Waals surface area contributed by atoms with Crippen LogP contribution in [0.2, 0.25) is 0 Å². The average Bonchev–Trinajstić information content (AvgIpc) is 2.96. The molecule has 4 rings (SSSR count). The number of hydrogen-bond acceptors (Lipinski definition) is 3. The molecule has 1 N–H and O–H groups in total. The minimum absolute atomic E-state index is 0.175. The van der Waals surface area contributed by atoms with Crippen molar-refractivity contribution in [3.8, 4) is 0 Å². The molecule has 3 aromatic carbocycles. The Hall–Kier alpha value is -3.73. The van der Waals surface area contributed by atoms with Gasteiger partial charge in [0.05, 0.1) is 11.3 Å². The molecule has 0 saturated carbocycles. The highest BCUT2D eigenvalue weighted by Gasteiger charge is 2.40. The van der Waals surface area contributed by atoms with E-state index in [4.69, 9.17) is 0 Å². The summed E-state index contributed by atoms with van der Waals surface area (Å²) in [5, 5.41) is 3.09. The lowest BCUT2D eigenvalue weighted by Gasteiger charge is -2.19. The van der Waals surface area contributed by atoms with Gasteiger partial charge < -0.3 is 5.32 Å². The first kappa shape index (κ1) is 18.6. The minimum atomic E-state index is -0.438. The predicted molar refractivity (Wildman–Crippen MR) is 112 cm³/mol. The maximum Gasteiger partial charge on any atom is 0.282 e. The zero-order valence-corrected chi connectivity index (χ0v) is 16.1. The van der Waals surface area contributed by atoms with Crippen LogP contribution in [0.15, 0.2) is 78.5 Å². The number of anilines is 2. The second-order valence-corrected chi connectivity index (χ2v) is 6.91. The third-order valence-electron chi connectivity index (χ3n) is 5.08. The van der Waals surface area contributed by atoms with Crippen molar-refractivity contribution in [2.75, 3.05) is 10.2 Å². The van der Waals surface area contributed by atoms with Crippen molar-refractivity contribution in [1.82, 2.24) is 0 Å². The number of nitrogens with one attached hydrogen (secondary N) is 1. The van der Waals surface area contributed by atoms with Gasteiger partial charge in [-0.25, -0.2) is 9.29 Å². The van der Waals surface area contributed by atoms with Gasteiger partial charge in [-0.2, -0.15) is 0 Å². The second kappa shape index (κ2) is 7.36. The summed E-state index contributed by atoms with van der Waals surface area (Å²) in [6, 6.07) is 20.2. The van der Waals surface area contributed by atoms with Gasteiger partial charge in [0.25, 0.3) is 11.8 Å². The van der Waals surface area contributed by atoms with E-state index in [0.29, 0.717) is 16.9 Å². The van der Waals surface area contributed by atoms with Gasteiger partial charge in [-0.1, -0.05) is 42.5 Å². The van der Waals surface area contributed by atoms with Gasteiger partial charge in [-0.15, -0.1) is 0 Å².